The van der Waals surface area contributed by atoms with Crippen molar-refractivity contribution in [1.29, 1.82) is 0 Å². The first-order chi connectivity index (χ1) is 9.92. The summed E-state index contributed by atoms with van der Waals surface area (Å²) in [5, 5.41) is 3.68. The van der Waals surface area contributed by atoms with E-state index in [1.54, 1.807) is 0 Å². The molecule has 0 unspecified atom stereocenters. The van der Waals surface area contributed by atoms with Gasteiger partial charge < -0.3 is 14.8 Å². The second-order valence-electron chi connectivity index (χ2n) is 5.87. The van der Waals surface area contributed by atoms with Gasteiger partial charge in [0.2, 0.25) is 0 Å². The molecule has 1 aliphatic carbocycles. The van der Waals surface area contributed by atoms with Crippen LogP contribution in [-0.4, -0.2) is 38.5 Å². The van der Waals surface area contributed by atoms with Gasteiger partial charge in [-0.05, 0) is 49.8 Å². The molecule has 0 saturated carbocycles. The Morgan fingerprint density at radius 1 is 1.20 bits per heavy atom. The smallest absolute Gasteiger partial charge is 0.0830 e. The zero-order valence-electron chi connectivity index (χ0n) is 12.1. The Morgan fingerprint density at radius 2 is 2.10 bits per heavy atom. The monoisotopic (exact) mass is 275 g/mol. The van der Waals surface area contributed by atoms with Crippen LogP contribution < -0.4 is 5.32 Å². The molecule has 1 N–H and O–H groups in total. The highest BCUT2D eigenvalue weighted by molar-refractivity contribution is 5.30. The molecule has 0 aromatic heterocycles. The van der Waals surface area contributed by atoms with Gasteiger partial charge in [-0.25, -0.2) is 0 Å². The van der Waals surface area contributed by atoms with Gasteiger partial charge in [0.1, 0.15) is 0 Å². The molecule has 1 saturated heterocycles. The summed E-state index contributed by atoms with van der Waals surface area (Å²) < 4.78 is 11.1. The largest absolute Gasteiger partial charge is 0.379 e. The van der Waals surface area contributed by atoms with Crippen LogP contribution in [0.2, 0.25) is 0 Å². The molecule has 1 aliphatic heterocycles. The fourth-order valence-electron chi connectivity index (χ4n) is 3.14. The van der Waals surface area contributed by atoms with E-state index in [1.165, 1.54) is 30.4 Å². The number of fused-ring (bicyclic) bond motifs is 1. The third-order valence-corrected chi connectivity index (χ3v) is 4.34. The van der Waals surface area contributed by atoms with Crippen molar-refractivity contribution in [2.45, 2.75) is 44.2 Å². The maximum atomic E-state index is 5.78. The third kappa shape index (κ3) is 3.81. The van der Waals surface area contributed by atoms with Gasteiger partial charge in [0, 0.05) is 19.3 Å². The van der Waals surface area contributed by atoms with Crippen LogP contribution in [0.25, 0.3) is 0 Å². The lowest BCUT2D eigenvalue weighted by Crippen LogP contribution is -2.35. The Labute approximate surface area is 121 Å². The topological polar surface area (TPSA) is 30.5 Å². The van der Waals surface area contributed by atoms with Crippen molar-refractivity contribution < 1.29 is 9.47 Å². The van der Waals surface area contributed by atoms with Crippen molar-refractivity contribution in [1.82, 2.24) is 5.32 Å². The van der Waals surface area contributed by atoms with Crippen molar-refractivity contribution in [2.24, 2.45) is 0 Å². The van der Waals surface area contributed by atoms with E-state index >= 15 is 0 Å². The fraction of sp³-hybridized carbons (Fsp3) is 0.647. The number of rotatable bonds is 6. The second kappa shape index (κ2) is 7.21. The van der Waals surface area contributed by atoms with Crippen LogP contribution >= 0.6 is 0 Å². The van der Waals surface area contributed by atoms with Gasteiger partial charge >= 0.3 is 0 Å². The summed E-state index contributed by atoms with van der Waals surface area (Å²) in [7, 11) is 0. The molecular weight excluding hydrogens is 250 g/mol. The molecule has 3 rings (SSSR count). The summed E-state index contributed by atoms with van der Waals surface area (Å²) in [5.41, 5.74) is 3.06. The Balaban J connectivity index is 1.31. The molecule has 0 radical (unpaired) electrons. The fourth-order valence-corrected chi connectivity index (χ4v) is 3.14. The molecule has 1 fully saturated rings. The summed E-state index contributed by atoms with van der Waals surface area (Å²) in [6.45, 7) is 3.56. The van der Waals surface area contributed by atoms with Crippen molar-refractivity contribution in [3.8, 4) is 0 Å². The van der Waals surface area contributed by atoms with E-state index in [9.17, 15) is 0 Å². The predicted molar refractivity (Wildman–Crippen MR) is 80.1 cm³/mol. The molecule has 0 spiro atoms. The molecular formula is C17H25NO2. The van der Waals surface area contributed by atoms with Crippen LogP contribution in [-0.2, 0) is 22.3 Å². The predicted octanol–water partition coefficient (Wildman–Crippen LogP) is 2.33. The minimum atomic E-state index is 0.344. The molecule has 20 heavy (non-hydrogen) atoms. The first-order valence-corrected chi connectivity index (χ1v) is 7.91. The molecule has 2 aliphatic rings. The highest BCUT2D eigenvalue weighted by Crippen LogP contribution is 2.20. The summed E-state index contributed by atoms with van der Waals surface area (Å²) >= 11 is 0. The van der Waals surface area contributed by atoms with Crippen LogP contribution in [0, 0.1) is 0 Å². The van der Waals surface area contributed by atoms with Gasteiger partial charge in [0.25, 0.3) is 0 Å². The number of hydrogen-bond donors (Lipinski definition) is 1. The lowest BCUT2D eigenvalue weighted by molar-refractivity contribution is 0.0413. The van der Waals surface area contributed by atoms with Gasteiger partial charge in [-0.1, -0.05) is 24.3 Å². The molecule has 2 atom stereocenters. The Hall–Kier alpha value is -0.900. The number of ether oxygens (including phenoxy) is 2. The highest BCUT2D eigenvalue weighted by atomic mass is 16.5. The van der Waals surface area contributed by atoms with Gasteiger partial charge in [-0.3, -0.25) is 0 Å². The summed E-state index contributed by atoms with van der Waals surface area (Å²) in [4.78, 5) is 0. The van der Waals surface area contributed by atoms with Crippen molar-refractivity contribution in [3.63, 3.8) is 0 Å². The zero-order valence-corrected chi connectivity index (χ0v) is 12.1. The Morgan fingerprint density at radius 3 is 2.95 bits per heavy atom. The van der Waals surface area contributed by atoms with Crippen molar-refractivity contribution >= 4 is 0 Å². The van der Waals surface area contributed by atoms with Crippen LogP contribution in [0.3, 0.4) is 0 Å². The first kappa shape index (κ1) is 14.1. The Kier molecular flexibility index (Phi) is 5.06. The first-order valence-electron chi connectivity index (χ1n) is 7.91. The van der Waals surface area contributed by atoms with E-state index in [0.717, 1.165) is 39.2 Å². The van der Waals surface area contributed by atoms with E-state index in [-0.39, 0.29) is 0 Å². The van der Waals surface area contributed by atoms with Gasteiger partial charge in [-0.15, -0.1) is 0 Å². The van der Waals surface area contributed by atoms with Crippen LogP contribution in [0.1, 0.15) is 30.4 Å². The lowest BCUT2D eigenvalue weighted by Gasteiger charge is -2.25. The number of aryl methyl sites for hydroxylation is 1. The van der Waals surface area contributed by atoms with E-state index < -0.39 is 0 Å². The molecule has 3 heteroatoms. The summed E-state index contributed by atoms with van der Waals surface area (Å²) in [6, 6.07) is 9.48. The zero-order chi connectivity index (χ0) is 13.6. The SMILES string of the molecule is c1ccc2c(c1)CC[C@@H](NCCCO[C@@H]1CCOC1)C2. The molecule has 0 amide bonds. The normalized spacial score (nSPS) is 25.6. The van der Waals surface area contributed by atoms with Crippen molar-refractivity contribution in [3.05, 3.63) is 35.4 Å². The van der Waals surface area contributed by atoms with E-state index in [4.69, 9.17) is 9.47 Å². The molecule has 110 valence electrons. The Bertz CT molecular complexity index is 415. The lowest BCUT2D eigenvalue weighted by atomic mass is 9.88. The van der Waals surface area contributed by atoms with Gasteiger partial charge in [0.05, 0.1) is 12.7 Å². The van der Waals surface area contributed by atoms with Crippen LogP contribution in [0.4, 0.5) is 0 Å². The molecule has 0 bridgehead atoms. The number of benzene rings is 1. The van der Waals surface area contributed by atoms with Crippen LogP contribution in [0.5, 0.6) is 0 Å². The molecule has 1 heterocycles. The summed E-state index contributed by atoms with van der Waals surface area (Å²) in [5.74, 6) is 0. The van der Waals surface area contributed by atoms with Gasteiger partial charge in [0.15, 0.2) is 0 Å². The minimum Gasteiger partial charge on any atom is -0.379 e. The van der Waals surface area contributed by atoms with E-state index in [2.05, 4.69) is 29.6 Å². The molecule has 1 aromatic carbocycles. The van der Waals surface area contributed by atoms with Crippen molar-refractivity contribution in [2.75, 3.05) is 26.4 Å². The standard InChI is InChI=1S/C17H25NO2/c1-2-5-15-12-16(7-6-14(15)4-1)18-9-3-10-20-17-8-11-19-13-17/h1-2,4-5,16-18H,3,6-13H2/t16-,17-/m1/s1. The highest BCUT2D eigenvalue weighted by Gasteiger charge is 2.18. The quantitative estimate of drug-likeness (QED) is 0.808. The van der Waals surface area contributed by atoms with Crippen LogP contribution in [0.15, 0.2) is 24.3 Å². The number of nitrogens with one attached hydrogen (secondary N) is 1. The molecule has 1 aromatic rings. The summed E-state index contributed by atoms with van der Waals surface area (Å²) in [6.07, 6.45) is 6.14. The second-order valence-corrected chi connectivity index (χ2v) is 5.87. The average Bonchev–Trinajstić information content (AvgIpc) is 3.00. The van der Waals surface area contributed by atoms with Gasteiger partial charge in [-0.2, -0.15) is 0 Å². The third-order valence-electron chi connectivity index (χ3n) is 4.34. The maximum absolute atomic E-state index is 5.78. The van der Waals surface area contributed by atoms with E-state index in [0.29, 0.717) is 12.1 Å². The average molecular weight is 275 g/mol. The van der Waals surface area contributed by atoms with E-state index in [1.807, 2.05) is 0 Å². The maximum Gasteiger partial charge on any atom is 0.0830 e. The number of hydrogen-bond acceptors (Lipinski definition) is 3. The molecule has 3 nitrogen and oxygen atoms in total. The minimum absolute atomic E-state index is 0.344.